The van der Waals surface area contributed by atoms with E-state index in [0.717, 1.165) is 12.8 Å². The first kappa shape index (κ1) is 17.9. The molecule has 6 nitrogen and oxygen atoms in total. The lowest BCUT2D eigenvalue weighted by Crippen LogP contribution is -2.30. The van der Waals surface area contributed by atoms with Crippen molar-refractivity contribution < 1.29 is 14.3 Å². The summed E-state index contributed by atoms with van der Waals surface area (Å²) in [6, 6.07) is 10.1. The van der Waals surface area contributed by atoms with Crippen molar-refractivity contribution >= 4 is 28.4 Å². The van der Waals surface area contributed by atoms with Crippen LogP contribution in [0, 0.1) is 6.92 Å². The van der Waals surface area contributed by atoms with E-state index in [1.165, 1.54) is 17.1 Å². The number of amides is 1. The van der Waals surface area contributed by atoms with Crippen LogP contribution in [0.2, 0.25) is 0 Å². The summed E-state index contributed by atoms with van der Waals surface area (Å²) in [5, 5.41) is 6.29. The summed E-state index contributed by atoms with van der Waals surface area (Å²) >= 11 is 1.19. The van der Waals surface area contributed by atoms with Crippen LogP contribution in [0.15, 0.2) is 30.3 Å². The first-order valence-electron chi connectivity index (χ1n) is 7.73. The molecule has 0 saturated carbocycles. The maximum Gasteiger partial charge on any atom is 0.343 e. The maximum atomic E-state index is 12.1. The van der Waals surface area contributed by atoms with Crippen molar-refractivity contribution in [1.29, 1.82) is 0 Å². The zero-order valence-electron chi connectivity index (χ0n) is 13.8. The van der Waals surface area contributed by atoms with E-state index >= 15 is 0 Å². The number of benzene rings is 1. The number of ether oxygens (including phenoxy) is 1. The van der Waals surface area contributed by atoms with Crippen molar-refractivity contribution in [2.24, 2.45) is 0 Å². The van der Waals surface area contributed by atoms with E-state index in [-0.39, 0.29) is 12.5 Å². The number of anilines is 1. The average Bonchev–Trinajstić information content (AvgIpc) is 2.98. The van der Waals surface area contributed by atoms with Crippen LogP contribution in [0.25, 0.3) is 0 Å². The normalized spacial score (nSPS) is 10.2. The number of hydrogen-bond donors (Lipinski definition) is 2. The fourth-order valence-corrected chi connectivity index (χ4v) is 2.93. The second-order valence-electron chi connectivity index (χ2n) is 5.24. The third-order valence-electron chi connectivity index (χ3n) is 3.44. The number of nitrogens with one attached hydrogen (secondary N) is 2. The van der Waals surface area contributed by atoms with E-state index < -0.39 is 5.97 Å². The average molecular weight is 347 g/mol. The minimum Gasteiger partial charge on any atom is -0.452 e. The van der Waals surface area contributed by atoms with Gasteiger partial charge in [0.1, 0.15) is 10.6 Å². The lowest BCUT2D eigenvalue weighted by Gasteiger charge is -2.07. The van der Waals surface area contributed by atoms with Crippen LogP contribution in [0.5, 0.6) is 0 Å². The Morgan fingerprint density at radius 2 is 2.00 bits per heavy atom. The highest BCUT2D eigenvalue weighted by atomic mass is 32.1. The number of esters is 1. The molecule has 0 bridgehead atoms. The van der Waals surface area contributed by atoms with E-state index in [4.69, 9.17) is 4.74 Å². The van der Waals surface area contributed by atoms with Gasteiger partial charge in [0, 0.05) is 13.6 Å². The third-order valence-corrected chi connectivity index (χ3v) is 4.39. The van der Waals surface area contributed by atoms with Crippen LogP contribution < -0.4 is 10.6 Å². The van der Waals surface area contributed by atoms with Crippen LogP contribution in [0.1, 0.15) is 28.0 Å². The molecule has 2 N–H and O–H groups in total. The molecule has 0 atom stereocenters. The van der Waals surface area contributed by atoms with Crippen LogP contribution in [-0.4, -0.2) is 36.4 Å². The van der Waals surface area contributed by atoms with Crippen LogP contribution >= 0.6 is 11.5 Å². The molecule has 0 saturated heterocycles. The smallest absolute Gasteiger partial charge is 0.343 e. The van der Waals surface area contributed by atoms with Crippen LogP contribution in [0.4, 0.5) is 5.00 Å². The highest BCUT2D eigenvalue weighted by Crippen LogP contribution is 2.24. The summed E-state index contributed by atoms with van der Waals surface area (Å²) in [5.41, 5.74) is 2.22. The van der Waals surface area contributed by atoms with Crippen molar-refractivity contribution in [2.45, 2.75) is 19.8 Å². The minimum atomic E-state index is -0.537. The van der Waals surface area contributed by atoms with Gasteiger partial charge < -0.3 is 15.4 Å². The number of nitrogens with zero attached hydrogens (tertiary/aromatic N) is 1. The van der Waals surface area contributed by atoms with Gasteiger partial charge in [0.2, 0.25) is 0 Å². The summed E-state index contributed by atoms with van der Waals surface area (Å²) in [6.45, 7) is 1.99. The molecule has 0 spiro atoms. The Balaban J connectivity index is 1.69. The molecule has 2 aromatic rings. The predicted molar refractivity (Wildman–Crippen MR) is 94.5 cm³/mol. The molecule has 0 fully saturated rings. The highest BCUT2D eigenvalue weighted by molar-refractivity contribution is 7.10. The van der Waals surface area contributed by atoms with Gasteiger partial charge in [-0.2, -0.15) is 4.37 Å². The standard InChI is InChI=1S/C17H21N3O3S/c1-12-15(16(18-2)24-20-12)17(22)23-11-14(21)19-10-6-9-13-7-4-3-5-8-13/h3-5,7-8,18H,6,9-11H2,1-2H3,(H,19,21). The molecule has 1 heterocycles. The Hall–Kier alpha value is -2.41. The van der Waals surface area contributed by atoms with E-state index in [2.05, 4.69) is 27.1 Å². The van der Waals surface area contributed by atoms with Gasteiger partial charge in [0.15, 0.2) is 6.61 Å². The van der Waals surface area contributed by atoms with Crippen molar-refractivity contribution in [3.8, 4) is 0 Å². The Morgan fingerprint density at radius 1 is 1.25 bits per heavy atom. The van der Waals surface area contributed by atoms with Crippen LogP contribution in [-0.2, 0) is 16.0 Å². The highest BCUT2D eigenvalue weighted by Gasteiger charge is 2.19. The summed E-state index contributed by atoms with van der Waals surface area (Å²) < 4.78 is 9.17. The molecular formula is C17H21N3O3S. The molecule has 1 amide bonds. The quantitative estimate of drug-likeness (QED) is 0.566. The fourth-order valence-electron chi connectivity index (χ4n) is 2.20. The molecular weight excluding hydrogens is 326 g/mol. The van der Waals surface area contributed by atoms with Gasteiger partial charge in [-0.3, -0.25) is 4.79 Å². The van der Waals surface area contributed by atoms with Crippen LogP contribution in [0.3, 0.4) is 0 Å². The SMILES string of the molecule is CNc1snc(C)c1C(=O)OCC(=O)NCCCc1ccccc1. The molecule has 0 radical (unpaired) electrons. The first-order valence-corrected chi connectivity index (χ1v) is 8.51. The molecule has 0 aliphatic heterocycles. The fraction of sp³-hybridized carbons (Fsp3) is 0.353. The Morgan fingerprint density at radius 3 is 2.71 bits per heavy atom. The monoisotopic (exact) mass is 347 g/mol. The van der Waals surface area contributed by atoms with Crippen molar-refractivity contribution in [3.05, 3.63) is 47.2 Å². The largest absolute Gasteiger partial charge is 0.452 e. The zero-order chi connectivity index (χ0) is 17.4. The number of aromatic nitrogens is 1. The van der Waals surface area contributed by atoms with E-state index in [0.29, 0.717) is 22.8 Å². The summed E-state index contributed by atoms with van der Waals surface area (Å²) in [4.78, 5) is 23.8. The van der Waals surface area contributed by atoms with Gasteiger partial charge in [-0.15, -0.1) is 0 Å². The van der Waals surface area contributed by atoms with Gasteiger partial charge in [0.25, 0.3) is 5.91 Å². The number of carbonyl (C=O) groups excluding carboxylic acids is 2. The van der Waals surface area contributed by atoms with Crippen molar-refractivity contribution in [2.75, 3.05) is 25.5 Å². The van der Waals surface area contributed by atoms with Gasteiger partial charge in [-0.1, -0.05) is 30.3 Å². The Kier molecular flexibility index (Phi) is 6.74. The molecule has 24 heavy (non-hydrogen) atoms. The minimum absolute atomic E-state index is 0.289. The van der Waals surface area contributed by atoms with Crippen molar-refractivity contribution in [1.82, 2.24) is 9.69 Å². The first-order chi connectivity index (χ1) is 11.6. The summed E-state index contributed by atoms with van der Waals surface area (Å²) in [5.74, 6) is -0.840. The van der Waals surface area contributed by atoms with Crippen molar-refractivity contribution in [3.63, 3.8) is 0 Å². The predicted octanol–water partition coefficient (Wildman–Crippen LogP) is 2.40. The molecule has 1 aromatic carbocycles. The van der Waals surface area contributed by atoms with E-state index in [1.807, 2.05) is 18.2 Å². The van der Waals surface area contributed by atoms with E-state index in [1.54, 1.807) is 14.0 Å². The second-order valence-corrected chi connectivity index (χ2v) is 6.01. The Labute approximate surface area is 145 Å². The molecule has 128 valence electrons. The second kappa shape index (κ2) is 9.02. The summed E-state index contributed by atoms with van der Waals surface area (Å²) in [6.07, 6.45) is 1.73. The van der Waals surface area contributed by atoms with Gasteiger partial charge in [0.05, 0.1) is 5.69 Å². The lowest BCUT2D eigenvalue weighted by atomic mass is 10.1. The number of hydrogen-bond acceptors (Lipinski definition) is 6. The van der Waals surface area contributed by atoms with Gasteiger partial charge in [-0.25, -0.2) is 4.79 Å². The summed E-state index contributed by atoms with van der Waals surface area (Å²) in [7, 11) is 1.71. The lowest BCUT2D eigenvalue weighted by molar-refractivity contribution is -0.124. The topological polar surface area (TPSA) is 80.3 Å². The number of rotatable bonds is 8. The Bertz CT molecular complexity index is 686. The van der Waals surface area contributed by atoms with E-state index in [9.17, 15) is 9.59 Å². The van der Waals surface area contributed by atoms with Gasteiger partial charge in [-0.05, 0) is 36.9 Å². The molecule has 0 unspecified atom stereocenters. The molecule has 7 heteroatoms. The number of carbonyl (C=O) groups is 2. The molecule has 0 aliphatic rings. The molecule has 0 aliphatic carbocycles. The maximum absolute atomic E-state index is 12.1. The molecule has 2 rings (SSSR count). The third kappa shape index (κ3) is 5.06. The molecule has 1 aromatic heterocycles. The van der Waals surface area contributed by atoms with Gasteiger partial charge >= 0.3 is 5.97 Å². The zero-order valence-corrected chi connectivity index (χ0v) is 14.6. The number of aryl methyl sites for hydroxylation is 2.